The van der Waals surface area contributed by atoms with Crippen molar-refractivity contribution >= 4 is 77.3 Å². The van der Waals surface area contributed by atoms with E-state index in [-0.39, 0.29) is 37.8 Å². The molecule has 0 fully saturated rings. The zero-order valence-corrected chi connectivity index (χ0v) is 30.5. The third-order valence-corrected chi connectivity index (χ3v) is 11.5. The van der Waals surface area contributed by atoms with Gasteiger partial charge in [-0.1, -0.05) is 106 Å². The summed E-state index contributed by atoms with van der Waals surface area (Å²) < 4.78 is 59.0. The third kappa shape index (κ3) is 11.0. The van der Waals surface area contributed by atoms with Crippen LogP contribution in [-0.2, 0) is 24.8 Å². The summed E-state index contributed by atoms with van der Waals surface area (Å²) >= 11 is 12.5. The van der Waals surface area contributed by atoms with Crippen LogP contribution in [0, 0.1) is 0 Å². The molecule has 4 rings (SSSR count). The summed E-state index contributed by atoms with van der Waals surface area (Å²) in [7, 11) is -8.26. The number of carbonyl (C=O) groups is 2. The predicted octanol–water partition coefficient (Wildman–Crippen LogP) is 8.62. The quantitative estimate of drug-likeness (QED) is 0.0647. The van der Waals surface area contributed by atoms with Crippen molar-refractivity contribution in [3.05, 3.63) is 83.0 Å². The SMILES string of the molecule is CCCCCCCCCCCCNS(=O)(=O)c1ccc(Cl)c(NS(=O)(=O)c2ccc(Cl)c(NC(=O)CC(=O)n3ccc4ccccc43)c2)c1. The summed E-state index contributed by atoms with van der Waals surface area (Å²) in [5.74, 6) is -1.18. The molecule has 0 aliphatic rings. The summed E-state index contributed by atoms with van der Waals surface area (Å²) in [5.41, 5.74) is 0.477. The van der Waals surface area contributed by atoms with Crippen molar-refractivity contribution in [2.24, 2.45) is 0 Å². The maximum absolute atomic E-state index is 13.4. The van der Waals surface area contributed by atoms with Crippen LogP contribution in [0.1, 0.15) is 82.3 Å². The largest absolute Gasteiger partial charge is 0.324 e. The molecule has 3 aromatic carbocycles. The molecule has 0 saturated heterocycles. The number of para-hydroxylation sites is 1. The highest BCUT2D eigenvalue weighted by molar-refractivity contribution is 7.92. The Bertz CT molecular complexity index is 1980. The number of nitrogens with zero attached hydrogens (tertiary/aromatic N) is 1. The van der Waals surface area contributed by atoms with Crippen LogP contribution in [0.3, 0.4) is 0 Å². The van der Waals surface area contributed by atoms with Gasteiger partial charge in [0.15, 0.2) is 0 Å². The highest BCUT2D eigenvalue weighted by Gasteiger charge is 2.22. The van der Waals surface area contributed by atoms with Gasteiger partial charge in [-0.2, -0.15) is 0 Å². The molecule has 264 valence electrons. The first-order valence-corrected chi connectivity index (χ1v) is 20.1. The van der Waals surface area contributed by atoms with E-state index in [1.54, 1.807) is 24.4 Å². The second-order valence-corrected chi connectivity index (χ2v) is 16.1. The fourth-order valence-electron chi connectivity index (χ4n) is 5.34. The average Bonchev–Trinajstić information content (AvgIpc) is 3.50. The van der Waals surface area contributed by atoms with Crippen LogP contribution in [0.25, 0.3) is 10.9 Å². The van der Waals surface area contributed by atoms with Gasteiger partial charge in [-0.15, -0.1) is 0 Å². The Kier molecular flexibility index (Phi) is 14.1. The first-order valence-electron chi connectivity index (χ1n) is 16.4. The number of unbranched alkanes of at least 4 members (excludes halogenated alkanes) is 9. The van der Waals surface area contributed by atoms with E-state index in [4.69, 9.17) is 23.2 Å². The van der Waals surface area contributed by atoms with Crippen LogP contribution in [0.4, 0.5) is 11.4 Å². The molecule has 0 saturated carbocycles. The highest BCUT2D eigenvalue weighted by atomic mass is 35.5. The van der Waals surface area contributed by atoms with E-state index < -0.39 is 38.3 Å². The summed E-state index contributed by atoms with van der Waals surface area (Å²) in [6, 6.07) is 16.4. The van der Waals surface area contributed by atoms with Crippen LogP contribution in [0.2, 0.25) is 10.0 Å². The van der Waals surface area contributed by atoms with Crippen molar-refractivity contribution in [2.75, 3.05) is 16.6 Å². The van der Waals surface area contributed by atoms with Crippen LogP contribution in [-0.4, -0.2) is 39.8 Å². The number of nitrogens with one attached hydrogen (secondary N) is 3. The standard InChI is InChI=1S/C35H42Cl2N4O6S2/c1-2-3-4-5-6-7-8-9-10-13-21-38-48(44,45)27-16-19-30(37)32(24-27)40-49(46,47)28-17-18-29(36)31(23-28)39-34(42)25-35(43)41-22-20-26-14-11-12-15-33(26)41/h11-12,14-20,22-24,38,40H,2-10,13,21,25H2,1H3,(H,39,42). The number of rotatable bonds is 19. The van der Waals surface area contributed by atoms with E-state index in [1.807, 2.05) is 12.1 Å². The van der Waals surface area contributed by atoms with Crippen LogP contribution >= 0.6 is 23.2 Å². The van der Waals surface area contributed by atoms with Gasteiger partial charge in [-0.05, 0) is 55.0 Å². The average molecular weight is 750 g/mol. The number of aromatic nitrogens is 1. The molecule has 0 spiro atoms. The monoisotopic (exact) mass is 748 g/mol. The van der Waals surface area contributed by atoms with Crippen molar-refractivity contribution in [1.82, 2.24) is 9.29 Å². The number of fused-ring (bicyclic) bond motifs is 1. The summed E-state index contributed by atoms with van der Waals surface area (Å²) in [4.78, 5) is 25.2. The van der Waals surface area contributed by atoms with E-state index in [2.05, 4.69) is 21.7 Å². The lowest BCUT2D eigenvalue weighted by Gasteiger charge is -2.14. The minimum Gasteiger partial charge on any atom is -0.324 e. The Labute approximate surface area is 298 Å². The number of halogens is 2. The van der Waals surface area contributed by atoms with Crippen molar-refractivity contribution in [3.63, 3.8) is 0 Å². The fraction of sp³-hybridized carbons (Fsp3) is 0.371. The molecule has 0 atom stereocenters. The number of hydrogen-bond acceptors (Lipinski definition) is 6. The molecule has 1 aromatic heterocycles. The van der Waals surface area contributed by atoms with Gasteiger partial charge in [0.25, 0.3) is 10.0 Å². The van der Waals surface area contributed by atoms with Crippen molar-refractivity contribution in [1.29, 1.82) is 0 Å². The highest BCUT2D eigenvalue weighted by Crippen LogP contribution is 2.30. The van der Waals surface area contributed by atoms with E-state index in [0.717, 1.165) is 36.8 Å². The maximum Gasteiger partial charge on any atom is 0.262 e. The normalized spacial score (nSPS) is 11.9. The van der Waals surface area contributed by atoms with Crippen LogP contribution in [0.15, 0.2) is 82.7 Å². The van der Waals surface area contributed by atoms with Gasteiger partial charge in [0.2, 0.25) is 21.8 Å². The van der Waals surface area contributed by atoms with E-state index in [0.29, 0.717) is 11.9 Å². The van der Waals surface area contributed by atoms with Crippen LogP contribution in [0.5, 0.6) is 0 Å². The van der Waals surface area contributed by atoms with Gasteiger partial charge >= 0.3 is 0 Å². The zero-order valence-electron chi connectivity index (χ0n) is 27.4. The van der Waals surface area contributed by atoms with Crippen molar-refractivity contribution in [2.45, 2.75) is 87.3 Å². The Morgan fingerprint density at radius 1 is 0.694 bits per heavy atom. The number of carbonyl (C=O) groups excluding carboxylic acids is 2. The van der Waals surface area contributed by atoms with Gasteiger partial charge in [0, 0.05) is 18.1 Å². The van der Waals surface area contributed by atoms with Gasteiger partial charge in [0.1, 0.15) is 6.42 Å². The molecule has 4 aromatic rings. The first kappa shape index (κ1) is 38.4. The molecular weight excluding hydrogens is 707 g/mol. The second kappa shape index (κ2) is 18.0. The van der Waals surface area contributed by atoms with Gasteiger partial charge in [0.05, 0.1) is 36.7 Å². The van der Waals surface area contributed by atoms with Crippen molar-refractivity contribution in [3.8, 4) is 0 Å². The first-order chi connectivity index (χ1) is 23.4. The van der Waals surface area contributed by atoms with Gasteiger partial charge in [-0.3, -0.25) is 18.9 Å². The lowest BCUT2D eigenvalue weighted by molar-refractivity contribution is -0.115. The Morgan fingerprint density at radius 3 is 1.94 bits per heavy atom. The summed E-state index contributed by atoms with van der Waals surface area (Å²) in [6.07, 6.45) is 12.3. The summed E-state index contributed by atoms with van der Waals surface area (Å²) in [5, 5.41) is 3.37. The Morgan fingerprint density at radius 2 is 1.27 bits per heavy atom. The van der Waals surface area contributed by atoms with E-state index >= 15 is 0 Å². The van der Waals surface area contributed by atoms with E-state index in [1.165, 1.54) is 67.4 Å². The molecule has 3 N–H and O–H groups in total. The Hall–Kier alpha value is -3.42. The minimum atomic E-state index is -4.33. The maximum atomic E-state index is 13.4. The number of amides is 1. The lowest BCUT2D eigenvalue weighted by Crippen LogP contribution is -2.25. The molecule has 0 radical (unpaired) electrons. The van der Waals surface area contributed by atoms with Gasteiger partial charge in [-0.25, -0.2) is 21.6 Å². The molecule has 0 unspecified atom stereocenters. The minimum absolute atomic E-state index is 0.0178. The second-order valence-electron chi connectivity index (χ2n) is 11.8. The van der Waals surface area contributed by atoms with Crippen LogP contribution < -0.4 is 14.8 Å². The molecule has 0 bridgehead atoms. The number of hydrogen-bond donors (Lipinski definition) is 3. The van der Waals surface area contributed by atoms with Gasteiger partial charge < -0.3 is 5.32 Å². The molecule has 49 heavy (non-hydrogen) atoms. The van der Waals surface area contributed by atoms with E-state index in [9.17, 15) is 26.4 Å². The molecule has 0 aliphatic carbocycles. The molecule has 1 heterocycles. The molecular formula is C35H42Cl2N4O6S2. The fourth-order valence-corrected chi connectivity index (χ4v) is 7.92. The zero-order chi connectivity index (χ0) is 35.4. The number of benzene rings is 3. The Balaban J connectivity index is 1.34. The van der Waals surface area contributed by atoms with Crippen molar-refractivity contribution < 1.29 is 26.4 Å². The lowest BCUT2D eigenvalue weighted by atomic mass is 10.1. The molecule has 10 nitrogen and oxygen atoms in total. The smallest absolute Gasteiger partial charge is 0.262 e. The third-order valence-electron chi connectivity index (χ3n) is 8.02. The molecule has 1 amide bonds. The number of anilines is 2. The predicted molar refractivity (Wildman–Crippen MR) is 197 cm³/mol. The molecule has 14 heteroatoms. The summed E-state index contributed by atoms with van der Waals surface area (Å²) in [6.45, 7) is 2.46. The topological polar surface area (TPSA) is 143 Å². The molecule has 0 aliphatic heterocycles. The number of sulfonamides is 2.